The van der Waals surface area contributed by atoms with Crippen molar-refractivity contribution in [1.29, 1.82) is 0 Å². The van der Waals surface area contributed by atoms with Gasteiger partial charge in [0.2, 0.25) is 10.0 Å². The highest BCUT2D eigenvalue weighted by molar-refractivity contribution is 7.89. The van der Waals surface area contributed by atoms with E-state index in [9.17, 15) is 13.2 Å². The molecule has 0 aliphatic rings. The highest BCUT2D eigenvalue weighted by Gasteiger charge is 2.20. The number of sulfonamides is 1. The first-order chi connectivity index (χ1) is 14.3. The fourth-order valence-corrected chi connectivity index (χ4v) is 4.51. The summed E-state index contributed by atoms with van der Waals surface area (Å²) in [6, 6.07) is 8.20. The SMILES string of the molecule is Cc1nn2cccnc2c1C(=O)Nc1nc(-c2ccc(S(=O)(=O)N(C)C)cc2)cs1. The Bertz CT molecular complexity index is 1340. The summed E-state index contributed by atoms with van der Waals surface area (Å²) >= 11 is 1.28. The van der Waals surface area contributed by atoms with E-state index >= 15 is 0 Å². The summed E-state index contributed by atoms with van der Waals surface area (Å²) in [5, 5.41) is 9.31. The average Bonchev–Trinajstić information content (AvgIpc) is 3.31. The third-order valence-corrected chi connectivity index (χ3v) is 7.04. The van der Waals surface area contributed by atoms with Gasteiger partial charge in [-0.2, -0.15) is 5.10 Å². The lowest BCUT2D eigenvalue weighted by molar-refractivity contribution is 0.102. The highest BCUT2D eigenvalue weighted by Crippen LogP contribution is 2.27. The van der Waals surface area contributed by atoms with Gasteiger partial charge in [0.05, 0.1) is 16.3 Å². The van der Waals surface area contributed by atoms with Gasteiger partial charge in [-0.1, -0.05) is 12.1 Å². The normalized spacial score (nSPS) is 11.9. The Labute approximate surface area is 177 Å². The number of rotatable bonds is 5. The van der Waals surface area contributed by atoms with Crippen molar-refractivity contribution in [2.24, 2.45) is 0 Å². The number of anilines is 1. The Morgan fingerprint density at radius 2 is 1.93 bits per heavy atom. The van der Waals surface area contributed by atoms with Crippen LogP contribution in [0.25, 0.3) is 16.9 Å². The van der Waals surface area contributed by atoms with E-state index in [1.165, 1.54) is 37.6 Å². The largest absolute Gasteiger partial charge is 0.298 e. The molecule has 0 bridgehead atoms. The van der Waals surface area contributed by atoms with Crippen molar-refractivity contribution < 1.29 is 13.2 Å². The quantitative estimate of drug-likeness (QED) is 0.509. The Morgan fingerprint density at radius 3 is 2.63 bits per heavy atom. The Hall–Kier alpha value is -3.15. The van der Waals surface area contributed by atoms with Crippen LogP contribution >= 0.6 is 11.3 Å². The molecule has 4 aromatic rings. The van der Waals surface area contributed by atoms with E-state index < -0.39 is 10.0 Å². The van der Waals surface area contributed by atoms with Crippen molar-refractivity contribution in [1.82, 2.24) is 23.9 Å². The maximum absolute atomic E-state index is 12.8. The van der Waals surface area contributed by atoms with Crippen LogP contribution in [0, 0.1) is 6.92 Å². The summed E-state index contributed by atoms with van der Waals surface area (Å²) in [6.07, 6.45) is 3.34. The second-order valence-corrected chi connectivity index (χ2v) is 9.66. The topological polar surface area (TPSA) is 110 Å². The minimum absolute atomic E-state index is 0.205. The van der Waals surface area contributed by atoms with Crippen LogP contribution in [0.15, 0.2) is 53.0 Å². The van der Waals surface area contributed by atoms with Gasteiger partial charge < -0.3 is 0 Å². The van der Waals surface area contributed by atoms with Gasteiger partial charge in [-0.25, -0.2) is 27.2 Å². The van der Waals surface area contributed by atoms with E-state index in [4.69, 9.17) is 0 Å². The van der Waals surface area contributed by atoms with Gasteiger partial charge in [0.1, 0.15) is 5.56 Å². The summed E-state index contributed by atoms with van der Waals surface area (Å²) in [5.41, 5.74) is 2.82. The minimum atomic E-state index is -3.49. The van der Waals surface area contributed by atoms with Crippen LogP contribution in [-0.2, 0) is 10.0 Å². The Balaban J connectivity index is 1.56. The lowest BCUT2D eigenvalue weighted by Gasteiger charge is -2.11. The number of amides is 1. The number of nitrogens with zero attached hydrogens (tertiary/aromatic N) is 5. The molecule has 0 saturated carbocycles. The lowest BCUT2D eigenvalue weighted by Crippen LogP contribution is -2.22. The maximum Gasteiger partial charge on any atom is 0.263 e. The molecular formula is C19H18N6O3S2. The zero-order chi connectivity index (χ0) is 21.5. The molecule has 0 atom stereocenters. The van der Waals surface area contributed by atoms with E-state index in [0.29, 0.717) is 27.7 Å². The zero-order valence-electron chi connectivity index (χ0n) is 16.4. The number of hydrogen-bond donors (Lipinski definition) is 1. The number of carbonyl (C=O) groups is 1. The van der Waals surface area contributed by atoms with Crippen molar-refractivity contribution >= 4 is 38.0 Å². The fourth-order valence-electron chi connectivity index (χ4n) is 2.89. The molecule has 1 N–H and O–H groups in total. The molecule has 0 spiro atoms. The number of thiazole rings is 1. The van der Waals surface area contributed by atoms with E-state index in [1.807, 2.05) is 0 Å². The Morgan fingerprint density at radius 1 is 1.20 bits per heavy atom. The summed E-state index contributed by atoms with van der Waals surface area (Å²) in [6.45, 7) is 1.75. The van der Waals surface area contributed by atoms with Gasteiger partial charge in [-0.15, -0.1) is 11.3 Å². The van der Waals surface area contributed by atoms with E-state index in [-0.39, 0.29) is 10.8 Å². The second-order valence-electron chi connectivity index (χ2n) is 6.65. The van der Waals surface area contributed by atoms with Crippen LogP contribution in [0.3, 0.4) is 0 Å². The average molecular weight is 443 g/mol. The van der Waals surface area contributed by atoms with Crippen molar-refractivity contribution in [3.05, 3.63) is 59.4 Å². The Kier molecular flexibility index (Phi) is 5.10. The standard InChI is InChI=1S/C19H18N6O3S2/c1-12-16(17-20-9-4-10-25(17)23-12)18(26)22-19-21-15(11-29-19)13-5-7-14(8-6-13)30(27,28)24(2)3/h4-11H,1-3H3,(H,21,22,26). The molecule has 30 heavy (non-hydrogen) atoms. The first-order valence-electron chi connectivity index (χ1n) is 8.87. The molecule has 3 heterocycles. The van der Waals surface area contributed by atoms with E-state index in [2.05, 4.69) is 20.4 Å². The molecule has 0 unspecified atom stereocenters. The molecule has 0 radical (unpaired) electrons. The predicted molar refractivity (Wildman–Crippen MR) is 114 cm³/mol. The molecule has 3 aromatic heterocycles. The molecule has 154 valence electrons. The van der Waals surface area contributed by atoms with Crippen LogP contribution in [0.1, 0.15) is 16.1 Å². The minimum Gasteiger partial charge on any atom is -0.298 e. The molecule has 9 nitrogen and oxygen atoms in total. The number of aryl methyl sites for hydroxylation is 1. The number of nitrogens with one attached hydrogen (secondary N) is 1. The van der Waals surface area contributed by atoms with Crippen LogP contribution in [0.2, 0.25) is 0 Å². The zero-order valence-corrected chi connectivity index (χ0v) is 18.0. The van der Waals surface area contributed by atoms with Gasteiger partial charge in [-0.3, -0.25) is 10.1 Å². The molecule has 0 fully saturated rings. The summed E-state index contributed by atoms with van der Waals surface area (Å²) in [4.78, 5) is 21.6. The number of benzene rings is 1. The third-order valence-electron chi connectivity index (χ3n) is 4.45. The summed E-state index contributed by atoms with van der Waals surface area (Å²) in [5.74, 6) is -0.338. The highest BCUT2D eigenvalue weighted by atomic mass is 32.2. The first kappa shape index (κ1) is 20.1. The molecule has 1 amide bonds. The van der Waals surface area contributed by atoms with Crippen LogP contribution in [-0.4, -0.2) is 52.3 Å². The van der Waals surface area contributed by atoms with Crippen LogP contribution in [0.4, 0.5) is 5.13 Å². The number of fused-ring (bicyclic) bond motifs is 1. The molecule has 1 aromatic carbocycles. The van der Waals surface area contributed by atoms with Gasteiger partial charge >= 0.3 is 0 Å². The number of carbonyl (C=O) groups excluding carboxylic acids is 1. The maximum atomic E-state index is 12.8. The molecular weight excluding hydrogens is 424 g/mol. The summed E-state index contributed by atoms with van der Waals surface area (Å²) in [7, 11) is -0.517. The summed E-state index contributed by atoms with van der Waals surface area (Å²) < 4.78 is 27.1. The molecule has 0 aliphatic heterocycles. The van der Waals surface area contributed by atoms with Crippen molar-refractivity contribution in [3.63, 3.8) is 0 Å². The lowest BCUT2D eigenvalue weighted by atomic mass is 10.2. The second kappa shape index (κ2) is 7.59. The van der Waals surface area contributed by atoms with Gasteiger partial charge in [0.25, 0.3) is 5.91 Å². The smallest absolute Gasteiger partial charge is 0.263 e. The van der Waals surface area contributed by atoms with Crippen molar-refractivity contribution in [3.8, 4) is 11.3 Å². The number of hydrogen-bond acceptors (Lipinski definition) is 7. The van der Waals surface area contributed by atoms with Crippen LogP contribution in [0.5, 0.6) is 0 Å². The molecule has 11 heteroatoms. The molecule has 0 saturated heterocycles. The fraction of sp³-hybridized carbons (Fsp3) is 0.158. The van der Waals surface area contributed by atoms with Gasteiger partial charge in [0.15, 0.2) is 10.8 Å². The van der Waals surface area contributed by atoms with E-state index in [0.717, 1.165) is 9.87 Å². The molecule has 0 aliphatic carbocycles. The number of aromatic nitrogens is 4. The van der Waals surface area contributed by atoms with E-state index in [1.54, 1.807) is 47.4 Å². The monoisotopic (exact) mass is 442 g/mol. The van der Waals surface area contributed by atoms with Gasteiger partial charge in [0, 0.05) is 37.4 Å². The predicted octanol–water partition coefficient (Wildman–Crippen LogP) is 2.66. The van der Waals surface area contributed by atoms with Crippen molar-refractivity contribution in [2.75, 3.05) is 19.4 Å². The third kappa shape index (κ3) is 3.58. The van der Waals surface area contributed by atoms with Gasteiger partial charge in [-0.05, 0) is 25.1 Å². The van der Waals surface area contributed by atoms with Crippen LogP contribution < -0.4 is 5.32 Å². The first-order valence-corrected chi connectivity index (χ1v) is 11.2. The molecule has 4 rings (SSSR count). The van der Waals surface area contributed by atoms with Crippen molar-refractivity contribution in [2.45, 2.75) is 11.8 Å².